The lowest BCUT2D eigenvalue weighted by Gasteiger charge is -2.25. The summed E-state index contributed by atoms with van der Waals surface area (Å²) >= 11 is 0. The molecule has 0 spiro atoms. The van der Waals surface area contributed by atoms with E-state index >= 15 is 0 Å². The quantitative estimate of drug-likeness (QED) is 0.769. The van der Waals surface area contributed by atoms with Crippen molar-refractivity contribution in [3.05, 3.63) is 58.7 Å². The van der Waals surface area contributed by atoms with E-state index in [9.17, 15) is 8.42 Å². The molecular formula is C19H26N2O3S. The van der Waals surface area contributed by atoms with E-state index in [1.807, 2.05) is 50.2 Å². The number of hydrogen-bond donors (Lipinski definition) is 1. The van der Waals surface area contributed by atoms with Gasteiger partial charge in [-0.3, -0.25) is 0 Å². The van der Waals surface area contributed by atoms with E-state index in [4.69, 9.17) is 10.5 Å². The van der Waals surface area contributed by atoms with Crippen molar-refractivity contribution >= 4 is 15.7 Å². The molecule has 2 N–H and O–H groups in total. The van der Waals surface area contributed by atoms with Crippen LogP contribution in [0.5, 0.6) is 0 Å². The lowest BCUT2D eigenvalue weighted by Crippen LogP contribution is -2.34. The Bertz CT molecular complexity index is 833. The molecule has 0 aliphatic carbocycles. The van der Waals surface area contributed by atoms with E-state index in [2.05, 4.69) is 0 Å². The van der Waals surface area contributed by atoms with E-state index < -0.39 is 10.0 Å². The highest BCUT2D eigenvalue weighted by atomic mass is 32.2. The first-order chi connectivity index (χ1) is 11.8. The summed E-state index contributed by atoms with van der Waals surface area (Å²) in [5, 5.41) is 0. The summed E-state index contributed by atoms with van der Waals surface area (Å²) in [6, 6.07) is 11.4. The summed E-state index contributed by atoms with van der Waals surface area (Å²) < 4.78 is 33.3. The monoisotopic (exact) mass is 362 g/mol. The number of hydrogen-bond acceptors (Lipinski definition) is 4. The molecule has 0 aromatic heterocycles. The van der Waals surface area contributed by atoms with Crippen LogP contribution in [-0.4, -0.2) is 33.0 Å². The topological polar surface area (TPSA) is 72.6 Å². The molecule has 0 saturated heterocycles. The Labute approximate surface area is 150 Å². The van der Waals surface area contributed by atoms with E-state index in [0.29, 0.717) is 34.9 Å². The summed E-state index contributed by atoms with van der Waals surface area (Å²) in [5.74, 6) is 0. The average molecular weight is 362 g/mol. The number of methoxy groups -OCH3 is 1. The molecule has 0 saturated carbocycles. The molecule has 0 radical (unpaired) electrons. The average Bonchev–Trinajstić information content (AvgIpc) is 2.57. The zero-order valence-corrected chi connectivity index (χ0v) is 16.1. The minimum atomic E-state index is -3.70. The second kappa shape index (κ2) is 7.99. The van der Waals surface area contributed by atoms with Gasteiger partial charge in [-0.2, -0.15) is 4.31 Å². The number of nitrogen functional groups attached to an aromatic ring is 1. The Kier molecular flexibility index (Phi) is 6.21. The first-order valence-corrected chi connectivity index (χ1v) is 9.62. The Hall–Kier alpha value is -1.89. The van der Waals surface area contributed by atoms with E-state index in [0.717, 1.165) is 11.1 Å². The van der Waals surface area contributed by atoms with Gasteiger partial charge in [0.2, 0.25) is 10.0 Å². The standard InChI is InChI=1S/C19H26N2O3S/c1-14-12-15(2)19(16(3)18(14)20)25(22,23)21(10-11-24-4)13-17-8-6-5-7-9-17/h5-9,12H,10-11,13,20H2,1-4H3. The van der Waals surface area contributed by atoms with Crippen LogP contribution in [0.3, 0.4) is 0 Å². The Balaban J connectivity index is 2.50. The molecule has 0 bridgehead atoms. The number of nitrogens with two attached hydrogens (primary N) is 1. The highest BCUT2D eigenvalue weighted by Gasteiger charge is 2.29. The second-order valence-electron chi connectivity index (χ2n) is 6.20. The van der Waals surface area contributed by atoms with Gasteiger partial charge < -0.3 is 10.5 Å². The summed E-state index contributed by atoms with van der Waals surface area (Å²) in [5.41, 5.74) is 9.75. The van der Waals surface area contributed by atoms with Crippen molar-refractivity contribution in [2.45, 2.75) is 32.2 Å². The van der Waals surface area contributed by atoms with Gasteiger partial charge in [0, 0.05) is 25.9 Å². The van der Waals surface area contributed by atoms with Crippen LogP contribution in [0.2, 0.25) is 0 Å². The maximum Gasteiger partial charge on any atom is 0.244 e. The molecular weight excluding hydrogens is 336 g/mol. The SMILES string of the molecule is COCCN(Cc1ccccc1)S(=O)(=O)c1c(C)cc(C)c(N)c1C. The third kappa shape index (κ3) is 4.21. The van der Waals surface area contributed by atoms with Crippen molar-refractivity contribution < 1.29 is 13.2 Å². The molecule has 2 aromatic carbocycles. The summed E-state index contributed by atoms with van der Waals surface area (Å²) in [4.78, 5) is 0.294. The number of rotatable bonds is 7. The number of aryl methyl sites for hydroxylation is 2. The van der Waals surface area contributed by atoms with Gasteiger partial charge in [0.25, 0.3) is 0 Å². The maximum absolute atomic E-state index is 13.4. The van der Waals surface area contributed by atoms with Gasteiger partial charge in [-0.05, 0) is 43.0 Å². The number of sulfonamides is 1. The van der Waals surface area contributed by atoms with Crippen LogP contribution in [0, 0.1) is 20.8 Å². The van der Waals surface area contributed by atoms with Gasteiger partial charge in [0.15, 0.2) is 0 Å². The normalized spacial score (nSPS) is 11.9. The van der Waals surface area contributed by atoms with Crippen molar-refractivity contribution in [1.82, 2.24) is 4.31 Å². The summed E-state index contributed by atoms with van der Waals surface area (Å²) in [7, 11) is -2.14. The fraction of sp³-hybridized carbons (Fsp3) is 0.368. The zero-order valence-electron chi connectivity index (χ0n) is 15.2. The molecule has 0 heterocycles. The molecule has 0 aliphatic rings. The van der Waals surface area contributed by atoms with Crippen LogP contribution in [0.4, 0.5) is 5.69 Å². The van der Waals surface area contributed by atoms with Crippen molar-refractivity contribution in [2.24, 2.45) is 0 Å². The first kappa shape index (κ1) is 19.4. The van der Waals surface area contributed by atoms with Gasteiger partial charge in [-0.15, -0.1) is 0 Å². The summed E-state index contributed by atoms with van der Waals surface area (Å²) in [6.07, 6.45) is 0. The molecule has 6 heteroatoms. The van der Waals surface area contributed by atoms with Gasteiger partial charge in [-0.1, -0.05) is 36.4 Å². The fourth-order valence-electron chi connectivity index (χ4n) is 2.97. The Morgan fingerprint density at radius 3 is 2.32 bits per heavy atom. The number of benzene rings is 2. The van der Waals surface area contributed by atoms with Gasteiger partial charge >= 0.3 is 0 Å². The highest BCUT2D eigenvalue weighted by Crippen LogP contribution is 2.30. The lowest BCUT2D eigenvalue weighted by molar-refractivity contribution is 0.177. The van der Waals surface area contributed by atoms with Gasteiger partial charge in [0.05, 0.1) is 11.5 Å². The molecule has 2 rings (SSSR count). The third-order valence-electron chi connectivity index (χ3n) is 4.31. The smallest absolute Gasteiger partial charge is 0.244 e. The van der Waals surface area contributed by atoms with E-state index in [1.54, 1.807) is 14.0 Å². The molecule has 0 aliphatic heterocycles. The molecule has 2 aromatic rings. The van der Waals surface area contributed by atoms with Gasteiger partial charge in [-0.25, -0.2) is 8.42 Å². The Morgan fingerprint density at radius 1 is 1.08 bits per heavy atom. The fourth-order valence-corrected chi connectivity index (χ4v) is 4.83. The number of ether oxygens (including phenoxy) is 1. The van der Waals surface area contributed by atoms with Crippen LogP contribution in [-0.2, 0) is 21.3 Å². The molecule has 0 atom stereocenters. The van der Waals surface area contributed by atoms with Crippen LogP contribution in [0.1, 0.15) is 22.3 Å². The minimum absolute atomic E-state index is 0.278. The van der Waals surface area contributed by atoms with Crippen LogP contribution < -0.4 is 5.73 Å². The zero-order chi connectivity index (χ0) is 18.6. The number of anilines is 1. The van der Waals surface area contributed by atoms with Crippen molar-refractivity contribution in [3.63, 3.8) is 0 Å². The minimum Gasteiger partial charge on any atom is -0.398 e. The second-order valence-corrected chi connectivity index (χ2v) is 8.07. The summed E-state index contributed by atoms with van der Waals surface area (Å²) in [6.45, 7) is 6.35. The first-order valence-electron chi connectivity index (χ1n) is 8.18. The molecule has 0 amide bonds. The number of nitrogens with zero attached hydrogens (tertiary/aromatic N) is 1. The molecule has 0 unspecified atom stereocenters. The predicted molar refractivity (Wildman–Crippen MR) is 101 cm³/mol. The van der Waals surface area contributed by atoms with Crippen molar-refractivity contribution in [1.29, 1.82) is 0 Å². The predicted octanol–water partition coefficient (Wildman–Crippen LogP) is 3.03. The molecule has 5 nitrogen and oxygen atoms in total. The molecule has 136 valence electrons. The van der Waals surface area contributed by atoms with Gasteiger partial charge in [0.1, 0.15) is 0 Å². The maximum atomic E-state index is 13.4. The largest absolute Gasteiger partial charge is 0.398 e. The van der Waals surface area contributed by atoms with E-state index in [-0.39, 0.29) is 6.54 Å². The Morgan fingerprint density at radius 2 is 1.72 bits per heavy atom. The lowest BCUT2D eigenvalue weighted by atomic mass is 10.1. The third-order valence-corrected chi connectivity index (χ3v) is 6.44. The van der Waals surface area contributed by atoms with E-state index in [1.165, 1.54) is 4.31 Å². The van der Waals surface area contributed by atoms with Crippen molar-refractivity contribution in [2.75, 3.05) is 26.0 Å². The van der Waals surface area contributed by atoms with Crippen LogP contribution in [0.25, 0.3) is 0 Å². The van der Waals surface area contributed by atoms with Crippen LogP contribution >= 0.6 is 0 Å². The highest BCUT2D eigenvalue weighted by molar-refractivity contribution is 7.89. The van der Waals surface area contributed by atoms with Crippen LogP contribution in [0.15, 0.2) is 41.3 Å². The molecule has 25 heavy (non-hydrogen) atoms. The van der Waals surface area contributed by atoms with Crippen molar-refractivity contribution in [3.8, 4) is 0 Å². The molecule has 0 fully saturated rings.